The smallest absolute Gasteiger partial charge is 0.123 e. The van der Waals surface area contributed by atoms with Crippen LogP contribution in [0.2, 0.25) is 11.6 Å². The molecule has 2 heteroatoms. The fourth-order valence-corrected chi connectivity index (χ4v) is 4.31. The van der Waals surface area contributed by atoms with Gasteiger partial charge in [-0.2, -0.15) is 0 Å². The maximum absolute atomic E-state index is 6.09. The maximum Gasteiger partial charge on any atom is 0.177 e. The highest BCUT2D eigenvalue weighted by Gasteiger charge is 2.35. The highest BCUT2D eigenvalue weighted by molar-refractivity contribution is 6.70. The van der Waals surface area contributed by atoms with Crippen LogP contribution in [0.25, 0.3) is 0 Å². The van der Waals surface area contributed by atoms with Gasteiger partial charge in [0.15, 0.2) is 6.71 Å². The molecule has 0 spiro atoms. The molecule has 2 aliphatic carbocycles. The molecule has 2 aliphatic rings. The van der Waals surface area contributed by atoms with Gasteiger partial charge in [-0.25, -0.2) is 0 Å². The zero-order valence-corrected chi connectivity index (χ0v) is 11.9. The topological polar surface area (TPSA) is 0 Å². The van der Waals surface area contributed by atoms with E-state index in [1.807, 2.05) is 0 Å². The van der Waals surface area contributed by atoms with E-state index < -0.39 is 0 Å². The molecule has 0 aliphatic heterocycles. The Morgan fingerprint density at radius 1 is 0.882 bits per heavy atom. The largest absolute Gasteiger partial charge is 0.177 e. The fraction of sp³-hybridized carbons (Fsp3) is 0.867. The van der Waals surface area contributed by atoms with Gasteiger partial charge in [-0.15, -0.1) is 18.2 Å². The van der Waals surface area contributed by atoms with Crippen molar-refractivity contribution < 1.29 is 0 Å². The lowest BCUT2D eigenvalue weighted by molar-refractivity contribution is 0.463. The summed E-state index contributed by atoms with van der Waals surface area (Å²) in [7, 11) is 0. The van der Waals surface area contributed by atoms with Crippen molar-refractivity contribution in [1.82, 2.24) is 0 Å². The standard InChI is InChI=1S/C15H26BCl/c1-13(12-17)16(14-8-4-2-5-9-14)15-10-6-3-7-11-15/h14-15H,1-12H2. The van der Waals surface area contributed by atoms with Crippen LogP contribution in [-0.2, 0) is 0 Å². The quantitative estimate of drug-likeness (QED) is 0.459. The van der Waals surface area contributed by atoms with Crippen molar-refractivity contribution in [3.05, 3.63) is 12.1 Å². The molecule has 0 aromatic heterocycles. The average Bonchev–Trinajstić information content (AvgIpc) is 2.41. The Labute approximate surface area is 112 Å². The first-order valence-corrected chi connectivity index (χ1v) is 8.10. The van der Waals surface area contributed by atoms with E-state index in [0.29, 0.717) is 5.88 Å². The highest BCUT2D eigenvalue weighted by Crippen LogP contribution is 2.43. The Morgan fingerprint density at radius 2 is 1.29 bits per heavy atom. The predicted molar refractivity (Wildman–Crippen MR) is 79.3 cm³/mol. The van der Waals surface area contributed by atoms with Gasteiger partial charge >= 0.3 is 0 Å². The van der Waals surface area contributed by atoms with Gasteiger partial charge in [-0.3, -0.25) is 0 Å². The first kappa shape index (κ1) is 13.5. The molecule has 0 nitrogen and oxygen atoms in total. The second kappa shape index (κ2) is 6.88. The minimum absolute atomic E-state index is 0.678. The first-order valence-electron chi connectivity index (χ1n) is 7.56. The Bertz CT molecular complexity index is 221. The molecule has 0 amide bonds. The molecule has 0 aromatic carbocycles. The van der Waals surface area contributed by atoms with Crippen LogP contribution in [0.4, 0.5) is 0 Å². The van der Waals surface area contributed by atoms with E-state index in [9.17, 15) is 0 Å². The third-order valence-electron chi connectivity index (χ3n) is 4.96. The fourth-order valence-electron chi connectivity index (χ4n) is 4.13. The normalized spacial score (nSPS) is 23.6. The van der Waals surface area contributed by atoms with Crippen LogP contribution in [0.15, 0.2) is 12.1 Å². The van der Waals surface area contributed by atoms with Crippen LogP contribution in [0.5, 0.6) is 0 Å². The van der Waals surface area contributed by atoms with E-state index in [0.717, 1.165) is 18.3 Å². The van der Waals surface area contributed by atoms with Crippen LogP contribution in [0, 0.1) is 0 Å². The lowest BCUT2D eigenvalue weighted by Gasteiger charge is -2.36. The lowest BCUT2D eigenvalue weighted by atomic mass is 9.27. The summed E-state index contributed by atoms with van der Waals surface area (Å²) >= 11 is 6.09. The van der Waals surface area contributed by atoms with E-state index >= 15 is 0 Å². The zero-order valence-electron chi connectivity index (χ0n) is 11.1. The summed E-state index contributed by atoms with van der Waals surface area (Å²) < 4.78 is 0. The number of hydrogen-bond donors (Lipinski definition) is 0. The molecule has 0 N–H and O–H groups in total. The molecule has 0 heterocycles. The SMILES string of the molecule is C=C(CCl)B(C1CCCCC1)C1CCCCC1. The molecule has 96 valence electrons. The van der Waals surface area contributed by atoms with Crippen LogP contribution in [0.1, 0.15) is 64.2 Å². The molecule has 0 atom stereocenters. The molecule has 0 saturated heterocycles. The van der Waals surface area contributed by atoms with Crippen molar-refractivity contribution >= 4 is 18.3 Å². The molecule has 2 saturated carbocycles. The second-order valence-corrected chi connectivity index (χ2v) is 6.38. The number of allylic oxidation sites excluding steroid dienone is 1. The summed E-state index contributed by atoms with van der Waals surface area (Å²) in [4.78, 5) is 0. The van der Waals surface area contributed by atoms with Crippen molar-refractivity contribution in [1.29, 1.82) is 0 Å². The van der Waals surface area contributed by atoms with Gasteiger partial charge in [-0.05, 0) is 0 Å². The zero-order chi connectivity index (χ0) is 12.1. The van der Waals surface area contributed by atoms with E-state index in [4.69, 9.17) is 11.6 Å². The average molecular weight is 253 g/mol. The van der Waals surface area contributed by atoms with Gasteiger partial charge in [0.05, 0.1) is 0 Å². The van der Waals surface area contributed by atoms with Gasteiger partial charge in [0, 0.05) is 5.88 Å². The molecule has 2 fully saturated rings. The molecule has 17 heavy (non-hydrogen) atoms. The Kier molecular flexibility index (Phi) is 5.47. The van der Waals surface area contributed by atoms with Crippen LogP contribution in [-0.4, -0.2) is 12.6 Å². The van der Waals surface area contributed by atoms with Crippen molar-refractivity contribution in [2.24, 2.45) is 0 Å². The molecule has 0 radical (unpaired) electrons. The van der Waals surface area contributed by atoms with Gasteiger partial charge in [0.25, 0.3) is 0 Å². The molecule has 0 unspecified atom stereocenters. The Morgan fingerprint density at radius 3 is 1.65 bits per heavy atom. The predicted octanol–water partition coefficient (Wildman–Crippen LogP) is 5.48. The van der Waals surface area contributed by atoms with Gasteiger partial charge in [0.1, 0.15) is 0 Å². The van der Waals surface area contributed by atoms with Crippen LogP contribution >= 0.6 is 11.6 Å². The van der Waals surface area contributed by atoms with Crippen LogP contribution in [0.3, 0.4) is 0 Å². The summed E-state index contributed by atoms with van der Waals surface area (Å²) in [6.45, 7) is 5.04. The summed E-state index contributed by atoms with van der Waals surface area (Å²) in [6, 6.07) is 0. The van der Waals surface area contributed by atoms with Crippen molar-refractivity contribution in [3.8, 4) is 0 Å². The van der Waals surface area contributed by atoms with E-state index in [1.54, 1.807) is 0 Å². The van der Waals surface area contributed by atoms with Crippen LogP contribution < -0.4 is 0 Å². The summed E-state index contributed by atoms with van der Waals surface area (Å²) in [6.07, 6.45) is 14.3. The minimum atomic E-state index is 0.678. The monoisotopic (exact) mass is 252 g/mol. The van der Waals surface area contributed by atoms with E-state index in [1.165, 1.54) is 69.7 Å². The highest BCUT2D eigenvalue weighted by atomic mass is 35.5. The van der Waals surface area contributed by atoms with Crippen molar-refractivity contribution in [2.75, 3.05) is 5.88 Å². The number of alkyl halides is 1. The summed E-state index contributed by atoms with van der Waals surface area (Å²) in [5, 5.41) is 0. The van der Waals surface area contributed by atoms with E-state index in [2.05, 4.69) is 6.58 Å². The van der Waals surface area contributed by atoms with Crippen molar-refractivity contribution in [3.63, 3.8) is 0 Å². The summed E-state index contributed by atoms with van der Waals surface area (Å²) in [5.41, 5.74) is 1.34. The molecular weight excluding hydrogens is 226 g/mol. The van der Waals surface area contributed by atoms with Gasteiger partial charge < -0.3 is 0 Å². The minimum Gasteiger partial charge on any atom is -0.123 e. The van der Waals surface area contributed by atoms with Gasteiger partial charge in [-0.1, -0.05) is 81.3 Å². The molecular formula is C15H26BCl. The Hall–Kier alpha value is 0.0949. The first-order chi connectivity index (χ1) is 8.33. The number of rotatable bonds is 4. The molecule has 0 aromatic rings. The number of hydrogen-bond acceptors (Lipinski definition) is 0. The summed E-state index contributed by atoms with van der Waals surface area (Å²) in [5.74, 6) is 2.48. The third kappa shape index (κ3) is 3.53. The van der Waals surface area contributed by atoms with E-state index in [-0.39, 0.29) is 0 Å². The third-order valence-corrected chi connectivity index (χ3v) is 5.30. The van der Waals surface area contributed by atoms with Gasteiger partial charge in [0.2, 0.25) is 0 Å². The number of halogens is 1. The lowest BCUT2D eigenvalue weighted by Crippen LogP contribution is -2.32. The second-order valence-electron chi connectivity index (χ2n) is 6.11. The maximum atomic E-state index is 6.09. The Balaban J connectivity index is 2.02. The molecule has 0 bridgehead atoms. The van der Waals surface area contributed by atoms with Crippen molar-refractivity contribution in [2.45, 2.75) is 75.8 Å². The molecule has 2 rings (SSSR count).